The van der Waals surface area contributed by atoms with Crippen LogP contribution in [0.15, 0.2) is 30.5 Å². The molecule has 0 bridgehead atoms. The first kappa shape index (κ1) is 13.7. The van der Waals surface area contributed by atoms with Crippen molar-refractivity contribution in [2.75, 3.05) is 0 Å². The van der Waals surface area contributed by atoms with E-state index in [9.17, 15) is 4.79 Å². The lowest BCUT2D eigenvalue weighted by Gasteiger charge is -2.16. The minimum absolute atomic E-state index is 0.221. The standard InChI is InChI=1S/C16H22N2O/c1-12(2)7-8-14(18-11-19)9-13-10-17-16-6-4-3-5-15(13)16/h3-6,10-12,14,17H,7-9H2,1-2H3,(H,18,19). The molecule has 3 nitrogen and oxygen atoms in total. The first-order chi connectivity index (χ1) is 9.20. The Kier molecular flexibility index (Phi) is 4.61. The van der Waals surface area contributed by atoms with Crippen molar-refractivity contribution in [3.63, 3.8) is 0 Å². The molecule has 1 atom stereocenters. The number of rotatable bonds is 7. The van der Waals surface area contributed by atoms with E-state index in [0.29, 0.717) is 5.92 Å². The van der Waals surface area contributed by atoms with Gasteiger partial charge in [-0.2, -0.15) is 0 Å². The SMILES string of the molecule is CC(C)CCC(Cc1c[nH]c2ccccc12)NC=O. The number of carbonyl (C=O) groups excluding carboxylic acids is 1. The maximum atomic E-state index is 10.7. The molecular formula is C16H22N2O. The van der Waals surface area contributed by atoms with Crippen molar-refractivity contribution in [3.05, 3.63) is 36.0 Å². The number of hydrogen-bond acceptors (Lipinski definition) is 1. The Balaban J connectivity index is 2.09. The first-order valence-corrected chi connectivity index (χ1v) is 6.95. The van der Waals surface area contributed by atoms with Gasteiger partial charge in [-0.3, -0.25) is 4.79 Å². The topological polar surface area (TPSA) is 44.9 Å². The highest BCUT2D eigenvalue weighted by atomic mass is 16.1. The first-order valence-electron chi connectivity index (χ1n) is 6.95. The molecule has 0 fully saturated rings. The van der Waals surface area contributed by atoms with Gasteiger partial charge in [-0.25, -0.2) is 0 Å². The fraction of sp³-hybridized carbons (Fsp3) is 0.438. The Hall–Kier alpha value is -1.77. The number of aromatic amines is 1. The van der Waals surface area contributed by atoms with Crippen LogP contribution in [0, 0.1) is 5.92 Å². The lowest BCUT2D eigenvalue weighted by molar-refractivity contribution is -0.110. The molecule has 0 saturated heterocycles. The molecule has 1 aromatic heterocycles. The third-order valence-electron chi connectivity index (χ3n) is 3.54. The Morgan fingerprint density at radius 1 is 1.26 bits per heavy atom. The van der Waals surface area contributed by atoms with Gasteiger partial charge in [-0.05, 0) is 36.8 Å². The van der Waals surface area contributed by atoms with Crippen molar-refractivity contribution < 1.29 is 4.79 Å². The third-order valence-corrected chi connectivity index (χ3v) is 3.54. The van der Waals surface area contributed by atoms with Crippen LogP contribution in [0.2, 0.25) is 0 Å². The van der Waals surface area contributed by atoms with Crippen LogP contribution < -0.4 is 5.32 Å². The van der Waals surface area contributed by atoms with Gasteiger partial charge in [-0.15, -0.1) is 0 Å². The number of amides is 1. The van der Waals surface area contributed by atoms with Crippen molar-refractivity contribution in [3.8, 4) is 0 Å². The summed E-state index contributed by atoms with van der Waals surface area (Å²) >= 11 is 0. The van der Waals surface area contributed by atoms with Gasteiger partial charge >= 0.3 is 0 Å². The summed E-state index contributed by atoms with van der Waals surface area (Å²) in [4.78, 5) is 14.0. The number of aromatic nitrogens is 1. The molecule has 0 spiro atoms. The Morgan fingerprint density at radius 2 is 2.05 bits per heavy atom. The minimum Gasteiger partial charge on any atom is -0.361 e. The fourth-order valence-corrected chi connectivity index (χ4v) is 2.44. The molecule has 102 valence electrons. The number of nitrogens with one attached hydrogen (secondary N) is 2. The second-order valence-corrected chi connectivity index (χ2v) is 5.52. The Bertz CT molecular complexity index is 530. The molecule has 1 amide bonds. The lowest BCUT2D eigenvalue weighted by Crippen LogP contribution is -2.30. The summed E-state index contributed by atoms with van der Waals surface area (Å²) in [5, 5.41) is 4.20. The van der Waals surface area contributed by atoms with Gasteiger partial charge in [0.1, 0.15) is 0 Å². The maximum absolute atomic E-state index is 10.7. The number of carbonyl (C=O) groups is 1. The van der Waals surface area contributed by atoms with Crippen molar-refractivity contribution in [2.45, 2.75) is 39.2 Å². The van der Waals surface area contributed by atoms with Crippen LogP contribution in [0.25, 0.3) is 10.9 Å². The number of fused-ring (bicyclic) bond motifs is 1. The summed E-state index contributed by atoms with van der Waals surface area (Å²) in [7, 11) is 0. The van der Waals surface area contributed by atoms with Crippen molar-refractivity contribution in [1.29, 1.82) is 0 Å². The zero-order valence-electron chi connectivity index (χ0n) is 11.6. The quantitative estimate of drug-likeness (QED) is 0.736. The smallest absolute Gasteiger partial charge is 0.207 e. The average molecular weight is 258 g/mol. The van der Waals surface area contributed by atoms with Gasteiger partial charge in [-0.1, -0.05) is 32.0 Å². The molecule has 2 rings (SSSR count). The van der Waals surface area contributed by atoms with E-state index in [4.69, 9.17) is 0 Å². The number of H-pyrrole nitrogens is 1. The monoisotopic (exact) mass is 258 g/mol. The van der Waals surface area contributed by atoms with E-state index in [0.717, 1.165) is 31.2 Å². The molecule has 0 aliphatic heterocycles. The zero-order chi connectivity index (χ0) is 13.7. The largest absolute Gasteiger partial charge is 0.361 e. The highest BCUT2D eigenvalue weighted by Crippen LogP contribution is 2.20. The van der Waals surface area contributed by atoms with E-state index in [2.05, 4.69) is 48.5 Å². The predicted molar refractivity (Wildman–Crippen MR) is 79.1 cm³/mol. The molecule has 0 radical (unpaired) electrons. The van der Waals surface area contributed by atoms with Crippen LogP contribution in [-0.4, -0.2) is 17.4 Å². The van der Waals surface area contributed by atoms with Crippen LogP contribution in [0.3, 0.4) is 0 Å². The van der Waals surface area contributed by atoms with Crippen LogP contribution in [-0.2, 0) is 11.2 Å². The van der Waals surface area contributed by atoms with Gasteiger partial charge < -0.3 is 10.3 Å². The summed E-state index contributed by atoms with van der Waals surface area (Å²) in [5.41, 5.74) is 2.44. The molecule has 1 aromatic carbocycles. The zero-order valence-corrected chi connectivity index (χ0v) is 11.6. The average Bonchev–Trinajstić information content (AvgIpc) is 2.80. The molecule has 2 aromatic rings. The van der Waals surface area contributed by atoms with Crippen LogP contribution in [0.5, 0.6) is 0 Å². The van der Waals surface area contributed by atoms with Crippen molar-refractivity contribution >= 4 is 17.3 Å². The summed E-state index contributed by atoms with van der Waals surface area (Å²) in [6.45, 7) is 4.42. The van der Waals surface area contributed by atoms with E-state index in [1.54, 1.807) is 0 Å². The molecule has 1 heterocycles. The summed E-state index contributed by atoms with van der Waals surface area (Å²) in [5.74, 6) is 0.666. The second kappa shape index (κ2) is 6.41. The maximum Gasteiger partial charge on any atom is 0.207 e. The van der Waals surface area contributed by atoms with E-state index in [1.807, 2.05) is 6.07 Å². The van der Waals surface area contributed by atoms with Gasteiger partial charge in [0.2, 0.25) is 6.41 Å². The summed E-state index contributed by atoms with van der Waals surface area (Å²) in [6.07, 6.45) is 5.92. The molecule has 0 aliphatic rings. The number of para-hydroxylation sites is 1. The Labute approximate surface area is 114 Å². The number of hydrogen-bond donors (Lipinski definition) is 2. The molecule has 2 N–H and O–H groups in total. The van der Waals surface area contributed by atoms with Gasteiger partial charge in [0.15, 0.2) is 0 Å². The molecule has 1 unspecified atom stereocenters. The predicted octanol–water partition coefficient (Wildman–Crippen LogP) is 3.26. The third kappa shape index (κ3) is 3.60. The molecule has 0 aliphatic carbocycles. The van der Waals surface area contributed by atoms with Crippen LogP contribution >= 0.6 is 0 Å². The van der Waals surface area contributed by atoms with Crippen molar-refractivity contribution in [1.82, 2.24) is 10.3 Å². The molecular weight excluding hydrogens is 236 g/mol. The summed E-state index contributed by atoms with van der Waals surface area (Å²) < 4.78 is 0. The number of benzene rings is 1. The van der Waals surface area contributed by atoms with E-state index >= 15 is 0 Å². The Morgan fingerprint density at radius 3 is 2.79 bits per heavy atom. The highest BCUT2D eigenvalue weighted by molar-refractivity contribution is 5.83. The van der Waals surface area contributed by atoms with Crippen LogP contribution in [0.1, 0.15) is 32.3 Å². The van der Waals surface area contributed by atoms with E-state index in [1.165, 1.54) is 10.9 Å². The summed E-state index contributed by atoms with van der Waals surface area (Å²) in [6, 6.07) is 8.51. The second-order valence-electron chi connectivity index (χ2n) is 5.52. The lowest BCUT2D eigenvalue weighted by atomic mass is 9.98. The normalized spacial score (nSPS) is 12.8. The van der Waals surface area contributed by atoms with Gasteiger partial charge in [0.25, 0.3) is 0 Å². The van der Waals surface area contributed by atoms with E-state index in [-0.39, 0.29) is 6.04 Å². The van der Waals surface area contributed by atoms with Gasteiger partial charge in [0.05, 0.1) is 0 Å². The minimum atomic E-state index is 0.221. The molecule has 19 heavy (non-hydrogen) atoms. The fourth-order valence-electron chi connectivity index (χ4n) is 2.44. The molecule has 0 saturated carbocycles. The van der Waals surface area contributed by atoms with Gasteiger partial charge in [0, 0.05) is 23.1 Å². The van der Waals surface area contributed by atoms with Crippen LogP contribution in [0.4, 0.5) is 0 Å². The highest BCUT2D eigenvalue weighted by Gasteiger charge is 2.12. The van der Waals surface area contributed by atoms with E-state index < -0.39 is 0 Å². The van der Waals surface area contributed by atoms with Crippen molar-refractivity contribution in [2.24, 2.45) is 5.92 Å². The molecule has 3 heteroatoms.